The van der Waals surface area contributed by atoms with Gasteiger partial charge in [-0.3, -0.25) is 4.79 Å². The van der Waals surface area contributed by atoms with Gasteiger partial charge in [0.1, 0.15) is 0 Å². The van der Waals surface area contributed by atoms with Crippen LogP contribution in [-0.2, 0) is 4.79 Å². The van der Waals surface area contributed by atoms with Gasteiger partial charge in [0.15, 0.2) is 0 Å². The van der Waals surface area contributed by atoms with E-state index in [1.165, 1.54) is 0 Å². The van der Waals surface area contributed by atoms with Gasteiger partial charge in [0.05, 0.1) is 6.42 Å². The molecule has 2 N–H and O–H groups in total. The molecule has 5 heteroatoms. The molecule has 0 aromatic heterocycles. The van der Waals surface area contributed by atoms with Crippen LogP contribution in [0.3, 0.4) is 0 Å². The highest BCUT2D eigenvalue weighted by Gasteiger charge is 2.29. The van der Waals surface area contributed by atoms with E-state index in [4.69, 9.17) is 5.11 Å². The fraction of sp³-hybridized carbons (Fsp3) is 0.714. The number of nitrogens with one attached hydrogen (secondary N) is 1. The normalized spacial score (nSPS) is 12.6. The Labute approximate surface area is 115 Å². The van der Waals surface area contributed by atoms with Crippen LogP contribution in [0.25, 0.3) is 0 Å². The summed E-state index contributed by atoms with van der Waals surface area (Å²) in [4.78, 5) is 24.4. The molecule has 0 aliphatic carbocycles. The number of unbranched alkanes of at least 4 members (excludes halogenated alkanes) is 1. The molecular weight excluding hydrogens is 244 g/mol. The van der Waals surface area contributed by atoms with Crippen LogP contribution in [0.5, 0.6) is 0 Å². The van der Waals surface area contributed by atoms with Gasteiger partial charge in [-0.15, -0.1) is 6.58 Å². The van der Waals surface area contributed by atoms with Crippen molar-refractivity contribution in [3.05, 3.63) is 12.7 Å². The minimum atomic E-state index is -0.908. The van der Waals surface area contributed by atoms with Crippen LogP contribution in [0, 0.1) is 5.41 Å². The topological polar surface area (TPSA) is 69.6 Å². The average molecular weight is 270 g/mol. The fourth-order valence-electron chi connectivity index (χ4n) is 1.58. The summed E-state index contributed by atoms with van der Waals surface area (Å²) < 4.78 is 0. The van der Waals surface area contributed by atoms with Crippen LogP contribution >= 0.6 is 0 Å². The minimum absolute atomic E-state index is 0.0737. The van der Waals surface area contributed by atoms with Crippen molar-refractivity contribution in [1.82, 2.24) is 10.2 Å². The molecule has 2 amide bonds. The first-order valence-corrected chi connectivity index (χ1v) is 6.52. The molecule has 0 spiro atoms. The Morgan fingerprint density at radius 1 is 1.42 bits per heavy atom. The summed E-state index contributed by atoms with van der Waals surface area (Å²) in [5, 5.41) is 11.7. The monoisotopic (exact) mass is 270 g/mol. The Kier molecular flexibility index (Phi) is 7.19. The first-order chi connectivity index (χ1) is 8.68. The highest BCUT2D eigenvalue weighted by Crippen LogP contribution is 2.22. The van der Waals surface area contributed by atoms with Crippen LogP contribution in [-0.4, -0.2) is 41.6 Å². The van der Waals surface area contributed by atoms with Crippen LogP contribution < -0.4 is 5.32 Å². The van der Waals surface area contributed by atoms with Crippen molar-refractivity contribution >= 4 is 12.0 Å². The SMILES string of the molecule is C=CCCCN(C)C(=O)NC(CC(=O)O)C(C)(C)C. The van der Waals surface area contributed by atoms with E-state index in [-0.39, 0.29) is 23.9 Å². The smallest absolute Gasteiger partial charge is 0.317 e. The number of hydrogen-bond donors (Lipinski definition) is 2. The van der Waals surface area contributed by atoms with Crippen molar-refractivity contribution in [3.8, 4) is 0 Å². The van der Waals surface area contributed by atoms with E-state index in [2.05, 4.69) is 11.9 Å². The number of carboxylic acid groups (broad SMARTS) is 1. The van der Waals surface area contributed by atoms with Crippen LogP contribution in [0.15, 0.2) is 12.7 Å². The lowest BCUT2D eigenvalue weighted by Gasteiger charge is -2.32. The largest absolute Gasteiger partial charge is 0.481 e. The number of amides is 2. The molecule has 0 aromatic carbocycles. The maximum atomic E-state index is 12.0. The van der Waals surface area contributed by atoms with Gasteiger partial charge >= 0.3 is 12.0 Å². The number of urea groups is 1. The standard InChI is InChI=1S/C14H26N2O3/c1-6-7-8-9-16(5)13(19)15-11(10-12(17)18)14(2,3)4/h6,11H,1,7-10H2,2-5H3,(H,15,19)(H,17,18). The van der Waals surface area contributed by atoms with Gasteiger partial charge in [0, 0.05) is 19.6 Å². The summed E-state index contributed by atoms with van der Waals surface area (Å²) in [5.74, 6) is -0.908. The van der Waals surface area contributed by atoms with Crippen LogP contribution in [0.4, 0.5) is 4.79 Å². The minimum Gasteiger partial charge on any atom is -0.481 e. The van der Waals surface area contributed by atoms with E-state index in [1.54, 1.807) is 11.9 Å². The highest BCUT2D eigenvalue weighted by molar-refractivity contribution is 5.75. The summed E-state index contributed by atoms with van der Waals surface area (Å²) in [7, 11) is 1.71. The molecule has 0 bridgehead atoms. The average Bonchev–Trinajstić information content (AvgIpc) is 2.26. The summed E-state index contributed by atoms with van der Waals surface area (Å²) in [6, 6.07) is -0.621. The third-order valence-corrected chi connectivity index (χ3v) is 2.97. The number of carbonyl (C=O) groups excluding carboxylic acids is 1. The van der Waals surface area contributed by atoms with Crippen molar-refractivity contribution in [3.63, 3.8) is 0 Å². The number of allylic oxidation sites excluding steroid dienone is 1. The number of carboxylic acids is 1. The summed E-state index contributed by atoms with van der Waals surface area (Å²) in [6.45, 7) is 10.0. The third kappa shape index (κ3) is 7.49. The maximum Gasteiger partial charge on any atom is 0.317 e. The van der Waals surface area contributed by atoms with Crippen LogP contribution in [0.1, 0.15) is 40.0 Å². The van der Waals surface area contributed by atoms with Crippen molar-refractivity contribution in [2.75, 3.05) is 13.6 Å². The first-order valence-electron chi connectivity index (χ1n) is 6.52. The highest BCUT2D eigenvalue weighted by atomic mass is 16.4. The van der Waals surface area contributed by atoms with Crippen molar-refractivity contribution < 1.29 is 14.7 Å². The first kappa shape index (κ1) is 17.5. The third-order valence-electron chi connectivity index (χ3n) is 2.97. The van der Waals surface area contributed by atoms with E-state index in [0.29, 0.717) is 6.54 Å². The Balaban J connectivity index is 4.45. The van der Waals surface area contributed by atoms with Gasteiger partial charge in [-0.1, -0.05) is 26.8 Å². The lowest BCUT2D eigenvalue weighted by Crippen LogP contribution is -2.49. The second-order valence-electron chi connectivity index (χ2n) is 5.82. The van der Waals surface area contributed by atoms with E-state index < -0.39 is 5.97 Å². The summed E-state index contributed by atoms with van der Waals surface area (Å²) in [5.41, 5.74) is -0.296. The molecule has 110 valence electrons. The number of rotatable bonds is 7. The van der Waals surface area contributed by atoms with E-state index in [1.807, 2.05) is 26.8 Å². The summed E-state index contributed by atoms with van der Waals surface area (Å²) in [6.07, 6.45) is 3.45. The molecule has 0 aliphatic rings. The summed E-state index contributed by atoms with van der Waals surface area (Å²) >= 11 is 0. The molecule has 0 rings (SSSR count). The Bertz CT molecular complexity index is 321. The quantitative estimate of drug-likeness (QED) is 0.551. The molecule has 1 unspecified atom stereocenters. The molecule has 1 atom stereocenters. The lowest BCUT2D eigenvalue weighted by atomic mass is 9.85. The van der Waals surface area contributed by atoms with E-state index >= 15 is 0 Å². The molecule has 5 nitrogen and oxygen atoms in total. The molecule has 0 saturated carbocycles. The molecule has 0 fully saturated rings. The molecule has 0 aliphatic heterocycles. The lowest BCUT2D eigenvalue weighted by molar-refractivity contribution is -0.138. The zero-order chi connectivity index (χ0) is 15.1. The molecular formula is C14H26N2O3. The van der Waals surface area contributed by atoms with Gasteiger partial charge in [-0.05, 0) is 18.3 Å². The molecule has 0 saturated heterocycles. The zero-order valence-electron chi connectivity index (χ0n) is 12.4. The Morgan fingerprint density at radius 2 is 2.00 bits per heavy atom. The van der Waals surface area contributed by atoms with E-state index in [0.717, 1.165) is 12.8 Å². The number of nitrogens with zero attached hydrogens (tertiary/aromatic N) is 1. The zero-order valence-corrected chi connectivity index (χ0v) is 12.4. The van der Waals surface area contributed by atoms with Crippen LogP contribution in [0.2, 0.25) is 0 Å². The van der Waals surface area contributed by atoms with Gasteiger partial charge in [0.2, 0.25) is 0 Å². The second-order valence-corrected chi connectivity index (χ2v) is 5.82. The van der Waals surface area contributed by atoms with E-state index in [9.17, 15) is 9.59 Å². The Hall–Kier alpha value is -1.52. The number of carbonyl (C=O) groups is 2. The number of aliphatic carboxylic acids is 1. The van der Waals surface area contributed by atoms with Crippen molar-refractivity contribution in [1.29, 1.82) is 0 Å². The predicted octanol–water partition coefficient (Wildman–Crippen LogP) is 2.48. The fourth-order valence-corrected chi connectivity index (χ4v) is 1.58. The number of hydrogen-bond acceptors (Lipinski definition) is 2. The van der Waals surface area contributed by atoms with Crippen molar-refractivity contribution in [2.24, 2.45) is 5.41 Å². The van der Waals surface area contributed by atoms with Gasteiger partial charge in [0.25, 0.3) is 0 Å². The Morgan fingerprint density at radius 3 is 2.42 bits per heavy atom. The van der Waals surface area contributed by atoms with Gasteiger partial charge < -0.3 is 15.3 Å². The van der Waals surface area contributed by atoms with Crippen molar-refractivity contribution in [2.45, 2.75) is 46.1 Å². The van der Waals surface area contributed by atoms with Gasteiger partial charge in [-0.25, -0.2) is 4.79 Å². The molecule has 0 heterocycles. The van der Waals surface area contributed by atoms with Gasteiger partial charge in [-0.2, -0.15) is 0 Å². The predicted molar refractivity (Wildman–Crippen MR) is 76.1 cm³/mol. The maximum absolute atomic E-state index is 12.0. The second kappa shape index (κ2) is 7.81. The molecule has 0 radical (unpaired) electrons. The molecule has 19 heavy (non-hydrogen) atoms. The molecule has 0 aromatic rings.